The normalized spacial score (nSPS) is 18.8. The van der Waals surface area contributed by atoms with Crippen LogP contribution in [0.4, 0.5) is 4.39 Å². The number of halogens is 1. The summed E-state index contributed by atoms with van der Waals surface area (Å²) in [6.45, 7) is 0.128. The number of hydrogen-bond donors (Lipinski definition) is 0. The van der Waals surface area contributed by atoms with E-state index in [1.54, 1.807) is 24.4 Å². The van der Waals surface area contributed by atoms with E-state index < -0.39 is 0 Å². The van der Waals surface area contributed by atoms with Crippen molar-refractivity contribution in [2.24, 2.45) is 5.92 Å². The molecule has 1 aliphatic rings. The highest BCUT2D eigenvalue weighted by molar-refractivity contribution is 7.13. The Labute approximate surface area is 148 Å². The first-order valence-corrected chi connectivity index (χ1v) is 8.87. The van der Waals surface area contributed by atoms with Crippen LogP contribution < -0.4 is 0 Å². The predicted octanol–water partition coefficient (Wildman–Crippen LogP) is 4.19. The second kappa shape index (κ2) is 6.72. The van der Waals surface area contributed by atoms with E-state index in [-0.39, 0.29) is 30.2 Å². The fraction of sp³-hybridized carbons (Fsp3) is 0.211. The van der Waals surface area contributed by atoms with Gasteiger partial charge in [-0.3, -0.25) is 9.78 Å². The number of hydrogen-bond acceptors (Lipinski definition) is 5. The standard InChI is InChI=1S/C19H15FN2O2S/c20-16-6-2-1-5-13(16)14-9-15(14)19(23)24-10-12-11-25-18(22-12)17-7-3-4-8-21-17/h1-8,11,14-15H,9-10H2. The van der Waals surface area contributed by atoms with E-state index in [0.717, 1.165) is 10.7 Å². The molecule has 1 saturated carbocycles. The maximum Gasteiger partial charge on any atom is 0.309 e. The number of carbonyl (C=O) groups excluding carboxylic acids is 1. The maximum atomic E-state index is 13.8. The lowest BCUT2D eigenvalue weighted by molar-refractivity contribution is -0.146. The number of thiazole rings is 1. The van der Waals surface area contributed by atoms with E-state index >= 15 is 0 Å². The fourth-order valence-electron chi connectivity index (χ4n) is 2.81. The summed E-state index contributed by atoms with van der Waals surface area (Å²) >= 11 is 1.46. The number of rotatable bonds is 5. The summed E-state index contributed by atoms with van der Waals surface area (Å²) in [4.78, 5) is 20.9. The van der Waals surface area contributed by atoms with Crippen LogP contribution in [0, 0.1) is 11.7 Å². The van der Waals surface area contributed by atoms with Crippen molar-refractivity contribution >= 4 is 17.3 Å². The maximum absolute atomic E-state index is 13.8. The van der Waals surface area contributed by atoms with Crippen LogP contribution in [-0.2, 0) is 16.1 Å². The zero-order valence-corrected chi connectivity index (χ0v) is 14.1. The summed E-state index contributed by atoms with van der Waals surface area (Å²) in [7, 11) is 0. The van der Waals surface area contributed by atoms with Crippen LogP contribution in [-0.4, -0.2) is 15.9 Å². The van der Waals surface area contributed by atoms with Crippen molar-refractivity contribution in [2.45, 2.75) is 18.9 Å². The molecule has 126 valence electrons. The average Bonchev–Trinajstić information content (AvgIpc) is 3.30. The van der Waals surface area contributed by atoms with Crippen LogP contribution in [0.3, 0.4) is 0 Å². The molecule has 3 aromatic rings. The molecule has 1 aliphatic carbocycles. The molecule has 0 N–H and O–H groups in total. The van der Waals surface area contributed by atoms with Crippen molar-refractivity contribution in [3.05, 3.63) is 71.1 Å². The smallest absolute Gasteiger partial charge is 0.309 e. The van der Waals surface area contributed by atoms with E-state index in [4.69, 9.17) is 4.74 Å². The van der Waals surface area contributed by atoms with Crippen molar-refractivity contribution in [1.29, 1.82) is 0 Å². The van der Waals surface area contributed by atoms with Crippen LogP contribution in [0.25, 0.3) is 10.7 Å². The van der Waals surface area contributed by atoms with Gasteiger partial charge in [-0.25, -0.2) is 9.37 Å². The van der Waals surface area contributed by atoms with Crippen LogP contribution in [0.15, 0.2) is 54.0 Å². The van der Waals surface area contributed by atoms with Crippen molar-refractivity contribution in [3.8, 4) is 10.7 Å². The van der Waals surface area contributed by atoms with Gasteiger partial charge in [-0.15, -0.1) is 11.3 Å². The van der Waals surface area contributed by atoms with Gasteiger partial charge in [0.2, 0.25) is 0 Å². The van der Waals surface area contributed by atoms with Crippen molar-refractivity contribution in [1.82, 2.24) is 9.97 Å². The summed E-state index contributed by atoms with van der Waals surface area (Å²) in [5.74, 6) is -0.887. The number of pyridine rings is 1. The summed E-state index contributed by atoms with van der Waals surface area (Å²) in [6, 6.07) is 12.2. The van der Waals surface area contributed by atoms with Crippen molar-refractivity contribution in [3.63, 3.8) is 0 Å². The van der Waals surface area contributed by atoms with Crippen LogP contribution >= 0.6 is 11.3 Å². The average molecular weight is 354 g/mol. The first kappa shape index (κ1) is 15.9. The van der Waals surface area contributed by atoms with Crippen LogP contribution in [0.1, 0.15) is 23.6 Å². The number of benzene rings is 1. The molecule has 6 heteroatoms. The number of ether oxygens (including phenoxy) is 1. The van der Waals surface area contributed by atoms with Gasteiger partial charge >= 0.3 is 5.97 Å². The van der Waals surface area contributed by atoms with Gasteiger partial charge in [0.1, 0.15) is 17.4 Å². The SMILES string of the molecule is O=C(OCc1csc(-c2ccccn2)n1)C1CC1c1ccccc1F. The third-order valence-electron chi connectivity index (χ3n) is 4.20. The highest BCUT2D eigenvalue weighted by Gasteiger charge is 2.46. The predicted molar refractivity (Wildman–Crippen MR) is 92.4 cm³/mol. The molecular formula is C19H15FN2O2S. The molecule has 0 spiro atoms. The molecule has 4 nitrogen and oxygen atoms in total. The van der Waals surface area contributed by atoms with Crippen molar-refractivity contribution < 1.29 is 13.9 Å². The second-order valence-corrected chi connectivity index (χ2v) is 6.79. The molecule has 2 unspecified atom stereocenters. The van der Waals surface area contributed by atoms with Gasteiger partial charge in [-0.05, 0) is 30.2 Å². The largest absolute Gasteiger partial charge is 0.459 e. The second-order valence-electron chi connectivity index (χ2n) is 5.94. The Morgan fingerprint density at radius 2 is 2.08 bits per heavy atom. The van der Waals surface area contributed by atoms with Gasteiger partial charge < -0.3 is 4.74 Å². The number of carbonyl (C=O) groups is 1. The quantitative estimate of drug-likeness (QED) is 0.645. The lowest BCUT2D eigenvalue weighted by Crippen LogP contribution is -2.08. The van der Waals surface area contributed by atoms with Crippen LogP contribution in [0.2, 0.25) is 0 Å². The number of esters is 1. The van der Waals surface area contributed by atoms with E-state index in [2.05, 4.69) is 9.97 Å². The first-order valence-electron chi connectivity index (χ1n) is 7.99. The lowest BCUT2D eigenvalue weighted by Gasteiger charge is -2.03. The van der Waals surface area contributed by atoms with Crippen LogP contribution in [0.5, 0.6) is 0 Å². The zero-order chi connectivity index (χ0) is 17.2. The molecule has 25 heavy (non-hydrogen) atoms. The van der Waals surface area contributed by atoms with Gasteiger partial charge in [0.15, 0.2) is 0 Å². The minimum atomic E-state index is -0.291. The molecule has 0 aliphatic heterocycles. The van der Waals surface area contributed by atoms with E-state index in [1.807, 2.05) is 23.6 Å². The van der Waals surface area contributed by atoms with Crippen molar-refractivity contribution in [2.75, 3.05) is 0 Å². The van der Waals surface area contributed by atoms with E-state index in [0.29, 0.717) is 17.7 Å². The molecule has 2 atom stereocenters. The molecule has 0 radical (unpaired) electrons. The minimum Gasteiger partial charge on any atom is -0.459 e. The topological polar surface area (TPSA) is 52.1 Å². The molecular weight excluding hydrogens is 339 g/mol. The minimum absolute atomic E-state index is 0.0757. The molecule has 2 aromatic heterocycles. The van der Waals surface area contributed by atoms with Gasteiger partial charge in [0.25, 0.3) is 0 Å². The fourth-order valence-corrected chi connectivity index (χ4v) is 3.59. The highest BCUT2D eigenvalue weighted by Crippen LogP contribution is 2.49. The third kappa shape index (κ3) is 3.44. The Morgan fingerprint density at radius 3 is 2.88 bits per heavy atom. The van der Waals surface area contributed by atoms with Gasteiger partial charge in [0, 0.05) is 17.5 Å². The Hall–Kier alpha value is -2.60. The number of aromatic nitrogens is 2. The zero-order valence-electron chi connectivity index (χ0n) is 13.3. The third-order valence-corrected chi connectivity index (χ3v) is 5.11. The molecule has 4 rings (SSSR count). The Kier molecular flexibility index (Phi) is 4.28. The lowest BCUT2D eigenvalue weighted by atomic mass is 10.1. The molecule has 0 saturated heterocycles. The first-order chi connectivity index (χ1) is 12.2. The monoisotopic (exact) mass is 354 g/mol. The summed E-state index contributed by atoms with van der Waals surface area (Å²) < 4.78 is 19.1. The molecule has 1 aromatic carbocycles. The van der Waals surface area contributed by atoms with E-state index in [1.165, 1.54) is 17.4 Å². The van der Waals surface area contributed by atoms with Gasteiger partial charge in [-0.1, -0.05) is 24.3 Å². The molecule has 0 amide bonds. The van der Waals surface area contributed by atoms with Gasteiger partial charge in [0.05, 0.1) is 17.3 Å². The van der Waals surface area contributed by atoms with E-state index in [9.17, 15) is 9.18 Å². The van der Waals surface area contributed by atoms with Gasteiger partial charge in [-0.2, -0.15) is 0 Å². The Bertz CT molecular complexity index is 897. The number of nitrogens with zero attached hydrogens (tertiary/aromatic N) is 2. The summed E-state index contributed by atoms with van der Waals surface area (Å²) in [5.41, 5.74) is 2.09. The Morgan fingerprint density at radius 1 is 1.24 bits per heavy atom. The molecule has 1 fully saturated rings. The Balaban J connectivity index is 1.34. The summed E-state index contributed by atoms with van der Waals surface area (Å²) in [6.07, 6.45) is 2.35. The molecule has 2 heterocycles. The highest BCUT2D eigenvalue weighted by atomic mass is 32.1. The summed E-state index contributed by atoms with van der Waals surface area (Å²) in [5, 5.41) is 2.65. The molecule has 0 bridgehead atoms.